The summed E-state index contributed by atoms with van der Waals surface area (Å²) >= 11 is 18.1. The fraction of sp³-hybridized carbons (Fsp3) is 0. The maximum atomic E-state index is 6.14. The summed E-state index contributed by atoms with van der Waals surface area (Å²) in [7, 11) is 0. The summed E-state index contributed by atoms with van der Waals surface area (Å²) in [4.78, 5) is 9.21. The summed E-state index contributed by atoms with van der Waals surface area (Å²) in [6.07, 6.45) is 0. The van der Waals surface area contributed by atoms with Crippen molar-refractivity contribution in [1.29, 1.82) is 0 Å². The highest BCUT2D eigenvalue weighted by Gasteiger charge is 2.12. The predicted molar refractivity (Wildman–Crippen MR) is 107 cm³/mol. The molecule has 6 heteroatoms. The number of halogens is 3. The van der Waals surface area contributed by atoms with E-state index in [-0.39, 0.29) is 0 Å². The molecule has 0 amide bonds. The minimum Gasteiger partial charge on any atom is -0.438 e. The van der Waals surface area contributed by atoms with E-state index in [4.69, 9.17) is 39.5 Å². The number of ether oxygens (including phenoxy) is 1. The predicted octanol–water partition coefficient (Wildman–Crippen LogP) is 7.05. The molecule has 4 aromatic rings. The van der Waals surface area contributed by atoms with Gasteiger partial charge in [0.05, 0.1) is 20.9 Å². The fourth-order valence-electron chi connectivity index (χ4n) is 2.50. The van der Waals surface area contributed by atoms with E-state index in [1.165, 1.54) is 0 Å². The first-order valence-corrected chi connectivity index (χ1v) is 8.89. The van der Waals surface area contributed by atoms with Crippen LogP contribution in [0.5, 0.6) is 11.6 Å². The molecule has 0 saturated heterocycles. The summed E-state index contributed by atoms with van der Waals surface area (Å²) in [5, 5.41) is 2.38. The Morgan fingerprint density at radius 1 is 0.731 bits per heavy atom. The maximum absolute atomic E-state index is 6.14. The van der Waals surface area contributed by atoms with Gasteiger partial charge in [0, 0.05) is 10.6 Å². The molecule has 1 aromatic heterocycles. The van der Waals surface area contributed by atoms with Crippen LogP contribution in [-0.4, -0.2) is 9.97 Å². The molecule has 4 rings (SSSR count). The van der Waals surface area contributed by atoms with Crippen molar-refractivity contribution in [3.05, 3.63) is 81.8 Å². The van der Waals surface area contributed by atoms with Crippen LogP contribution in [0.1, 0.15) is 0 Å². The first-order valence-electron chi connectivity index (χ1n) is 7.76. The highest BCUT2D eigenvalue weighted by atomic mass is 35.5. The molecule has 3 aromatic carbocycles. The van der Waals surface area contributed by atoms with E-state index in [1.807, 2.05) is 30.3 Å². The summed E-state index contributed by atoms with van der Waals surface area (Å²) < 4.78 is 5.99. The van der Waals surface area contributed by atoms with Crippen molar-refractivity contribution in [2.45, 2.75) is 0 Å². The van der Waals surface area contributed by atoms with Gasteiger partial charge in [0.2, 0.25) is 5.88 Å². The van der Waals surface area contributed by atoms with Gasteiger partial charge in [-0.25, -0.2) is 4.98 Å². The Balaban J connectivity index is 1.85. The van der Waals surface area contributed by atoms with Crippen molar-refractivity contribution in [3.8, 4) is 23.0 Å². The van der Waals surface area contributed by atoms with Crippen LogP contribution in [0.3, 0.4) is 0 Å². The largest absolute Gasteiger partial charge is 0.438 e. The Morgan fingerprint density at radius 2 is 1.50 bits per heavy atom. The molecule has 0 spiro atoms. The van der Waals surface area contributed by atoms with E-state index in [9.17, 15) is 0 Å². The molecule has 0 N–H and O–H groups in total. The lowest BCUT2D eigenvalue weighted by molar-refractivity contribution is 0.469. The van der Waals surface area contributed by atoms with Crippen LogP contribution in [0.15, 0.2) is 66.7 Å². The topological polar surface area (TPSA) is 35.0 Å². The van der Waals surface area contributed by atoms with Crippen LogP contribution < -0.4 is 4.74 Å². The van der Waals surface area contributed by atoms with Crippen LogP contribution in [0.2, 0.25) is 15.1 Å². The second kappa shape index (κ2) is 7.12. The Bertz CT molecular complexity index is 1100. The Kier molecular flexibility index (Phi) is 4.68. The van der Waals surface area contributed by atoms with E-state index in [2.05, 4.69) is 9.97 Å². The van der Waals surface area contributed by atoms with Gasteiger partial charge in [-0.15, -0.1) is 0 Å². The number of fused-ring (bicyclic) bond motifs is 1. The standard InChI is InChI=1S/C20H11Cl3N2O/c21-13-6-8-14(9-7-13)26-20-15-3-1-2-4-18(15)24-19(25-20)12-5-10-16(22)17(23)11-12/h1-11H. The SMILES string of the molecule is Clc1ccc(Oc2nc(-c3ccc(Cl)c(Cl)c3)nc3ccccc23)cc1. The zero-order valence-corrected chi connectivity index (χ0v) is 15.6. The molecule has 0 unspecified atom stereocenters. The van der Waals surface area contributed by atoms with Gasteiger partial charge in [0.25, 0.3) is 0 Å². The highest BCUT2D eigenvalue weighted by molar-refractivity contribution is 6.42. The molecule has 0 aliphatic heterocycles. The van der Waals surface area contributed by atoms with Crippen molar-refractivity contribution in [1.82, 2.24) is 9.97 Å². The van der Waals surface area contributed by atoms with Gasteiger partial charge in [-0.2, -0.15) is 4.98 Å². The average Bonchev–Trinajstić information content (AvgIpc) is 2.66. The van der Waals surface area contributed by atoms with Crippen LogP contribution in [0, 0.1) is 0 Å². The van der Waals surface area contributed by atoms with Crippen molar-refractivity contribution >= 4 is 45.7 Å². The zero-order chi connectivity index (χ0) is 18.1. The summed E-state index contributed by atoms with van der Waals surface area (Å²) in [5.74, 6) is 1.60. The molecule has 0 aliphatic rings. The van der Waals surface area contributed by atoms with E-state index in [0.717, 1.165) is 16.5 Å². The molecular formula is C20H11Cl3N2O. The monoisotopic (exact) mass is 400 g/mol. The smallest absolute Gasteiger partial charge is 0.230 e. The van der Waals surface area contributed by atoms with Crippen molar-refractivity contribution in [2.75, 3.05) is 0 Å². The van der Waals surface area contributed by atoms with Crippen LogP contribution in [-0.2, 0) is 0 Å². The minimum absolute atomic E-state index is 0.445. The van der Waals surface area contributed by atoms with Gasteiger partial charge < -0.3 is 4.74 Å². The molecular weight excluding hydrogens is 391 g/mol. The second-order valence-electron chi connectivity index (χ2n) is 5.55. The number of para-hydroxylation sites is 1. The van der Waals surface area contributed by atoms with Crippen molar-refractivity contribution < 1.29 is 4.74 Å². The van der Waals surface area contributed by atoms with Gasteiger partial charge in [-0.1, -0.05) is 46.9 Å². The highest BCUT2D eigenvalue weighted by Crippen LogP contribution is 2.32. The molecule has 0 atom stereocenters. The number of hydrogen-bond donors (Lipinski definition) is 0. The quantitative estimate of drug-likeness (QED) is 0.369. The minimum atomic E-state index is 0.445. The molecule has 3 nitrogen and oxygen atoms in total. The van der Waals surface area contributed by atoms with E-state index >= 15 is 0 Å². The third-order valence-corrected chi connectivity index (χ3v) is 4.77. The molecule has 0 bridgehead atoms. The Labute approximate surface area is 165 Å². The van der Waals surface area contributed by atoms with Gasteiger partial charge in [0.15, 0.2) is 5.82 Å². The van der Waals surface area contributed by atoms with Gasteiger partial charge in [0.1, 0.15) is 5.75 Å². The molecule has 0 radical (unpaired) electrons. The lowest BCUT2D eigenvalue weighted by Gasteiger charge is -2.10. The number of aromatic nitrogens is 2. The average molecular weight is 402 g/mol. The van der Waals surface area contributed by atoms with Gasteiger partial charge >= 0.3 is 0 Å². The summed E-state index contributed by atoms with van der Waals surface area (Å²) in [6.45, 7) is 0. The van der Waals surface area contributed by atoms with E-state index in [1.54, 1.807) is 36.4 Å². The number of hydrogen-bond acceptors (Lipinski definition) is 3. The Hall–Kier alpha value is -2.33. The lowest BCUT2D eigenvalue weighted by Crippen LogP contribution is -1.96. The lowest BCUT2D eigenvalue weighted by atomic mass is 10.2. The number of benzene rings is 3. The summed E-state index contributed by atoms with van der Waals surface area (Å²) in [6, 6.07) is 20.0. The number of nitrogens with zero attached hydrogens (tertiary/aromatic N) is 2. The van der Waals surface area contributed by atoms with Gasteiger partial charge in [-0.05, 0) is 54.6 Å². The van der Waals surface area contributed by atoms with Crippen LogP contribution >= 0.6 is 34.8 Å². The zero-order valence-electron chi connectivity index (χ0n) is 13.3. The third-order valence-electron chi connectivity index (χ3n) is 3.77. The molecule has 0 fully saturated rings. The molecule has 128 valence electrons. The summed E-state index contributed by atoms with van der Waals surface area (Å²) in [5.41, 5.74) is 1.53. The van der Waals surface area contributed by atoms with Crippen molar-refractivity contribution in [2.24, 2.45) is 0 Å². The first kappa shape index (κ1) is 17.1. The van der Waals surface area contributed by atoms with Crippen LogP contribution in [0.4, 0.5) is 0 Å². The fourth-order valence-corrected chi connectivity index (χ4v) is 2.93. The molecule has 0 aliphatic carbocycles. The molecule has 26 heavy (non-hydrogen) atoms. The first-order chi connectivity index (χ1) is 12.6. The Morgan fingerprint density at radius 3 is 2.27 bits per heavy atom. The van der Waals surface area contributed by atoms with E-state index < -0.39 is 0 Å². The molecule has 1 heterocycles. The van der Waals surface area contributed by atoms with Gasteiger partial charge in [-0.3, -0.25) is 0 Å². The van der Waals surface area contributed by atoms with Crippen LogP contribution in [0.25, 0.3) is 22.3 Å². The number of rotatable bonds is 3. The third kappa shape index (κ3) is 3.47. The molecule has 0 saturated carbocycles. The second-order valence-corrected chi connectivity index (χ2v) is 6.81. The maximum Gasteiger partial charge on any atom is 0.230 e. The van der Waals surface area contributed by atoms with Crippen molar-refractivity contribution in [3.63, 3.8) is 0 Å². The van der Waals surface area contributed by atoms with E-state index in [0.29, 0.717) is 32.5 Å². The normalized spacial score (nSPS) is 10.9.